The zero-order valence-corrected chi connectivity index (χ0v) is 17.4. The van der Waals surface area contributed by atoms with Gasteiger partial charge >= 0.3 is 11.9 Å². The van der Waals surface area contributed by atoms with E-state index in [2.05, 4.69) is 55.4 Å². The third-order valence-corrected chi connectivity index (χ3v) is 4.36. The predicted molar refractivity (Wildman–Crippen MR) is 97.6 cm³/mol. The number of carbonyl (C=O) groups excluding carboxylic acids is 2. The van der Waals surface area contributed by atoms with Crippen LogP contribution in [0.25, 0.3) is 0 Å². The quantitative estimate of drug-likeness (QED) is 0.583. The Morgan fingerprint density at radius 2 is 1.33 bits per heavy atom. The molecule has 0 aromatic rings. The number of hydrogen-bond donors (Lipinski definition) is 0. The number of ether oxygens (including phenoxy) is 2. The maximum atomic E-state index is 11.6. The second-order valence-electron chi connectivity index (χ2n) is 9.29. The molecule has 3 unspecified atom stereocenters. The molecular weight excluding hydrogens is 304 g/mol. The molecular formula is C20H38O4. The van der Waals surface area contributed by atoms with E-state index in [1.165, 1.54) is 13.8 Å². The molecule has 4 nitrogen and oxygen atoms in total. The van der Waals surface area contributed by atoms with Gasteiger partial charge in [0.05, 0.1) is 0 Å². The summed E-state index contributed by atoms with van der Waals surface area (Å²) in [5.41, 5.74) is -0.305. The first-order valence-corrected chi connectivity index (χ1v) is 9.01. The summed E-state index contributed by atoms with van der Waals surface area (Å²) in [6.07, 6.45) is 1.22. The fourth-order valence-electron chi connectivity index (χ4n) is 3.70. The molecule has 0 heterocycles. The van der Waals surface area contributed by atoms with Crippen molar-refractivity contribution in [1.29, 1.82) is 0 Å². The highest BCUT2D eigenvalue weighted by atomic mass is 16.5. The number of rotatable bonds is 8. The first-order valence-electron chi connectivity index (χ1n) is 9.01. The van der Waals surface area contributed by atoms with E-state index in [0.717, 1.165) is 6.42 Å². The van der Waals surface area contributed by atoms with Crippen LogP contribution in [0.1, 0.15) is 82.1 Å². The van der Waals surface area contributed by atoms with Gasteiger partial charge in [-0.15, -0.1) is 0 Å². The number of carbonyl (C=O) groups is 2. The second-order valence-corrected chi connectivity index (χ2v) is 9.29. The van der Waals surface area contributed by atoms with Crippen molar-refractivity contribution in [2.75, 3.05) is 0 Å². The highest BCUT2D eigenvalue weighted by Crippen LogP contribution is 2.38. The molecule has 0 bridgehead atoms. The second kappa shape index (κ2) is 8.87. The molecule has 0 amide bonds. The van der Waals surface area contributed by atoms with Gasteiger partial charge in [0, 0.05) is 19.3 Å². The molecule has 0 aromatic carbocycles. The first kappa shape index (κ1) is 22.9. The van der Waals surface area contributed by atoms with Crippen LogP contribution in [-0.2, 0) is 19.1 Å². The van der Waals surface area contributed by atoms with Crippen LogP contribution in [0.5, 0.6) is 0 Å². The van der Waals surface area contributed by atoms with Crippen LogP contribution < -0.4 is 0 Å². The molecule has 0 saturated carbocycles. The van der Waals surface area contributed by atoms with Gasteiger partial charge in [-0.1, -0.05) is 55.4 Å². The zero-order valence-electron chi connectivity index (χ0n) is 17.4. The lowest BCUT2D eigenvalue weighted by molar-refractivity contribution is -0.163. The van der Waals surface area contributed by atoms with Crippen molar-refractivity contribution in [3.63, 3.8) is 0 Å². The molecule has 142 valence electrons. The summed E-state index contributed by atoms with van der Waals surface area (Å²) in [4.78, 5) is 23.1. The van der Waals surface area contributed by atoms with Gasteiger partial charge in [0.1, 0.15) is 12.2 Å². The van der Waals surface area contributed by atoms with Crippen LogP contribution in [-0.4, -0.2) is 24.1 Å². The van der Waals surface area contributed by atoms with Crippen molar-refractivity contribution in [2.45, 2.75) is 94.3 Å². The molecule has 24 heavy (non-hydrogen) atoms. The average Bonchev–Trinajstić information content (AvgIpc) is 2.31. The van der Waals surface area contributed by atoms with Crippen molar-refractivity contribution in [1.82, 2.24) is 0 Å². The highest BCUT2D eigenvalue weighted by molar-refractivity contribution is 5.66. The smallest absolute Gasteiger partial charge is 0.302 e. The Hall–Kier alpha value is -1.06. The lowest BCUT2D eigenvalue weighted by Crippen LogP contribution is -2.42. The summed E-state index contributed by atoms with van der Waals surface area (Å²) in [6.45, 7) is 19.8. The standard InChI is InChI=1S/C20H38O4/c1-13(2)12-20(9,10)17(23-15(4)21)11-14(3)18(19(6,7)8)24-16(5)22/h13-14,17-18H,11-12H2,1-10H3. The molecule has 0 radical (unpaired) electrons. The van der Waals surface area contributed by atoms with E-state index < -0.39 is 0 Å². The van der Waals surface area contributed by atoms with Gasteiger partial charge in [-0.25, -0.2) is 0 Å². The Morgan fingerprint density at radius 3 is 1.67 bits per heavy atom. The van der Waals surface area contributed by atoms with Crippen LogP contribution in [0.2, 0.25) is 0 Å². The van der Waals surface area contributed by atoms with Gasteiger partial charge in [0.2, 0.25) is 0 Å². The predicted octanol–water partition coefficient (Wildman–Crippen LogP) is 4.99. The summed E-state index contributed by atoms with van der Waals surface area (Å²) in [5, 5.41) is 0. The van der Waals surface area contributed by atoms with E-state index in [0.29, 0.717) is 12.3 Å². The molecule has 0 aliphatic carbocycles. The van der Waals surface area contributed by atoms with E-state index in [9.17, 15) is 9.59 Å². The average molecular weight is 343 g/mol. The lowest BCUT2D eigenvalue weighted by Gasteiger charge is -2.40. The van der Waals surface area contributed by atoms with E-state index in [-0.39, 0.29) is 40.9 Å². The summed E-state index contributed by atoms with van der Waals surface area (Å²) in [7, 11) is 0. The van der Waals surface area contributed by atoms with E-state index in [1.54, 1.807) is 0 Å². The van der Waals surface area contributed by atoms with Gasteiger partial charge in [-0.2, -0.15) is 0 Å². The first-order chi connectivity index (χ1) is 10.7. The molecule has 0 aliphatic rings. The SMILES string of the molecule is CC(=O)OC(C(C)CC(OC(C)=O)C(C)(C)CC(C)C)C(C)(C)C. The Morgan fingerprint density at radius 1 is 0.875 bits per heavy atom. The Labute approximate surface area is 148 Å². The lowest BCUT2D eigenvalue weighted by atomic mass is 9.73. The molecule has 0 spiro atoms. The number of esters is 2. The largest absolute Gasteiger partial charge is 0.462 e. The summed E-state index contributed by atoms with van der Waals surface area (Å²) in [6, 6.07) is 0. The van der Waals surface area contributed by atoms with Crippen LogP contribution in [0.3, 0.4) is 0 Å². The fraction of sp³-hybridized carbons (Fsp3) is 0.900. The number of hydrogen-bond acceptors (Lipinski definition) is 4. The van der Waals surface area contributed by atoms with Crippen LogP contribution >= 0.6 is 0 Å². The van der Waals surface area contributed by atoms with Crippen LogP contribution in [0.4, 0.5) is 0 Å². The summed E-state index contributed by atoms with van der Waals surface area (Å²) >= 11 is 0. The van der Waals surface area contributed by atoms with Crippen molar-refractivity contribution in [3.05, 3.63) is 0 Å². The minimum absolute atomic E-state index is 0.0877. The molecule has 0 N–H and O–H groups in total. The molecule has 0 saturated heterocycles. The molecule has 0 rings (SSSR count). The summed E-state index contributed by atoms with van der Waals surface area (Å²) in [5.74, 6) is 0.0704. The third kappa shape index (κ3) is 8.16. The molecule has 0 aliphatic heterocycles. The van der Waals surface area contributed by atoms with E-state index >= 15 is 0 Å². The Balaban J connectivity index is 5.37. The monoisotopic (exact) mass is 342 g/mol. The van der Waals surface area contributed by atoms with Crippen LogP contribution in [0.15, 0.2) is 0 Å². The maximum Gasteiger partial charge on any atom is 0.302 e. The van der Waals surface area contributed by atoms with Gasteiger partial charge in [0.25, 0.3) is 0 Å². The molecule has 4 heteroatoms. The van der Waals surface area contributed by atoms with E-state index in [4.69, 9.17) is 9.47 Å². The van der Waals surface area contributed by atoms with Gasteiger partial charge in [-0.05, 0) is 30.1 Å². The Bertz CT molecular complexity index is 418. The fourth-order valence-corrected chi connectivity index (χ4v) is 3.70. The van der Waals surface area contributed by atoms with Gasteiger partial charge < -0.3 is 9.47 Å². The van der Waals surface area contributed by atoms with Gasteiger partial charge in [0.15, 0.2) is 0 Å². The van der Waals surface area contributed by atoms with Crippen molar-refractivity contribution in [3.8, 4) is 0 Å². The minimum Gasteiger partial charge on any atom is -0.462 e. The van der Waals surface area contributed by atoms with Crippen molar-refractivity contribution >= 4 is 11.9 Å². The minimum atomic E-state index is -0.271. The third-order valence-electron chi connectivity index (χ3n) is 4.36. The molecule has 0 fully saturated rings. The normalized spacial score (nSPS) is 16.5. The van der Waals surface area contributed by atoms with Gasteiger partial charge in [-0.3, -0.25) is 9.59 Å². The zero-order chi connectivity index (χ0) is 19.3. The highest BCUT2D eigenvalue weighted by Gasteiger charge is 2.39. The maximum absolute atomic E-state index is 11.6. The van der Waals surface area contributed by atoms with Crippen molar-refractivity contribution in [2.24, 2.45) is 22.7 Å². The van der Waals surface area contributed by atoms with Crippen molar-refractivity contribution < 1.29 is 19.1 Å². The van der Waals surface area contributed by atoms with E-state index in [1.807, 2.05) is 0 Å². The van der Waals surface area contributed by atoms with Crippen LogP contribution in [0, 0.1) is 22.7 Å². The Kier molecular flexibility index (Phi) is 8.47. The summed E-state index contributed by atoms with van der Waals surface area (Å²) < 4.78 is 11.3. The topological polar surface area (TPSA) is 52.6 Å². The molecule has 0 aromatic heterocycles. The molecule has 3 atom stereocenters.